The third kappa shape index (κ3) is 3.44. The van der Waals surface area contributed by atoms with E-state index in [-0.39, 0.29) is 5.82 Å². The van der Waals surface area contributed by atoms with Gasteiger partial charge >= 0.3 is 0 Å². The minimum atomic E-state index is -0.173. The maximum Gasteiger partial charge on any atom is 0.123 e. The molecule has 0 aliphatic rings. The van der Waals surface area contributed by atoms with E-state index in [2.05, 4.69) is 5.32 Å². The predicted molar refractivity (Wildman–Crippen MR) is 56.5 cm³/mol. The maximum absolute atomic E-state index is 12.8. The Morgan fingerprint density at radius 1 is 1.43 bits per heavy atom. The van der Waals surface area contributed by atoms with Gasteiger partial charge in [-0.05, 0) is 49.7 Å². The fourth-order valence-electron chi connectivity index (χ4n) is 1.31. The zero-order valence-electron chi connectivity index (χ0n) is 8.52. The van der Waals surface area contributed by atoms with Crippen molar-refractivity contribution in [1.29, 1.82) is 0 Å². The van der Waals surface area contributed by atoms with Crippen LogP contribution in [0.1, 0.15) is 17.5 Å². The molecule has 1 aromatic rings. The molecule has 1 aromatic carbocycles. The summed E-state index contributed by atoms with van der Waals surface area (Å²) in [5.41, 5.74) is 7.50. The molecule has 0 amide bonds. The van der Waals surface area contributed by atoms with Gasteiger partial charge in [-0.15, -0.1) is 0 Å². The van der Waals surface area contributed by atoms with Crippen molar-refractivity contribution in [2.75, 3.05) is 13.1 Å². The molecule has 3 heteroatoms. The second-order valence-corrected chi connectivity index (χ2v) is 3.39. The number of nitrogens with one attached hydrogen (secondary N) is 1. The lowest BCUT2D eigenvalue weighted by Crippen LogP contribution is -2.18. The maximum atomic E-state index is 12.8. The Labute approximate surface area is 84.3 Å². The average molecular weight is 196 g/mol. The molecule has 0 heterocycles. The first-order valence-corrected chi connectivity index (χ1v) is 4.90. The zero-order valence-corrected chi connectivity index (χ0v) is 8.52. The van der Waals surface area contributed by atoms with Gasteiger partial charge in [0.1, 0.15) is 5.82 Å². The highest BCUT2D eigenvalue weighted by Crippen LogP contribution is 2.09. The van der Waals surface area contributed by atoms with Crippen LogP contribution in [0.15, 0.2) is 18.2 Å². The fraction of sp³-hybridized carbons (Fsp3) is 0.455. The molecule has 0 unspecified atom stereocenters. The van der Waals surface area contributed by atoms with Gasteiger partial charge in [0.25, 0.3) is 0 Å². The molecule has 1 rings (SSSR count). The van der Waals surface area contributed by atoms with Crippen LogP contribution in [0.25, 0.3) is 0 Å². The number of aryl methyl sites for hydroxylation is 1. The number of hydrogen-bond acceptors (Lipinski definition) is 2. The smallest absolute Gasteiger partial charge is 0.123 e. The Hall–Kier alpha value is -0.930. The number of hydrogen-bond donors (Lipinski definition) is 2. The van der Waals surface area contributed by atoms with Crippen LogP contribution in [-0.2, 0) is 6.54 Å². The minimum absolute atomic E-state index is 0.173. The molecule has 3 N–H and O–H groups in total. The van der Waals surface area contributed by atoms with Crippen LogP contribution in [-0.4, -0.2) is 13.1 Å². The predicted octanol–water partition coefficient (Wildman–Crippen LogP) is 1.57. The highest BCUT2D eigenvalue weighted by atomic mass is 19.1. The second kappa shape index (κ2) is 5.73. The fourth-order valence-corrected chi connectivity index (χ4v) is 1.31. The van der Waals surface area contributed by atoms with Crippen LogP contribution in [0, 0.1) is 12.7 Å². The van der Waals surface area contributed by atoms with Crippen LogP contribution in [0.4, 0.5) is 4.39 Å². The first-order valence-electron chi connectivity index (χ1n) is 4.90. The number of halogens is 1. The van der Waals surface area contributed by atoms with Gasteiger partial charge in [0.2, 0.25) is 0 Å². The van der Waals surface area contributed by atoms with Gasteiger partial charge in [-0.25, -0.2) is 4.39 Å². The third-order valence-electron chi connectivity index (χ3n) is 2.18. The minimum Gasteiger partial charge on any atom is -0.330 e. The van der Waals surface area contributed by atoms with Crippen molar-refractivity contribution in [2.24, 2.45) is 5.73 Å². The van der Waals surface area contributed by atoms with E-state index in [1.165, 1.54) is 6.07 Å². The Morgan fingerprint density at radius 3 is 2.86 bits per heavy atom. The molecule has 78 valence electrons. The van der Waals surface area contributed by atoms with E-state index < -0.39 is 0 Å². The van der Waals surface area contributed by atoms with Crippen molar-refractivity contribution in [2.45, 2.75) is 19.9 Å². The SMILES string of the molecule is Cc1cc(F)ccc1CNCCCN. The summed E-state index contributed by atoms with van der Waals surface area (Å²) in [7, 11) is 0. The molecular weight excluding hydrogens is 179 g/mol. The quantitative estimate of drug-likeness (QED) is 0.702. The molecule has 0 saturated carbocycles. The van der Waals surface area contributed by atoms with Crippen molar-refractivity contribution in [1.82, 2.24) is 5.32 Å². The summed E-state index contributed by atoms with van der Waals surface area (Å²) in [6.07, 6.45) is 0.972. The highest BCUT2D eigenvalue weighted by molar-refractivity contribution is 5.26. The topological polar surface area (TPSA) is 38.0 Å². The standard InChI is InChI=1S/C11H17FN2/c1-9-7-11(12)4-3-10(9)8-14-6-2-5-13/h3-4,7,14H,2,5-6,8,13H2,1H3. The Bertz CT molecular complexity index is 287. The number of rotatable bonds is 5. The van der Waals surface area contributed by atoms with E-state index in [1.54, 1.807) is 6.07 Å². The van der Waals surface area contributed by atoms with Gasteiger partial charge in [-0.3, -0.25) is 0 Å². The molecule has 0 fully saturated rings. The van der Waals surface area contributed by atoms with E-state index in [9.17, 15) is 4.39 Å². The van der Waals surface area contributed by atoms with E-state index >= 15 is 0 Å². The van der Waals surface area contributed by atoms with Crippen LogP contribution in [0.5, 0.6) is 0 Å². The Balaban J connectivity index is 2.42. The van der Waals surface area contributed by atoms with Crippen molar-refractivity contribution in [3.63, 3.8) is 0 Å². The monoisotopic (exact) mass is 196 g/mol. The lowest BCUT2D eigenvalue weighted by molar-refractivity contribution is 0.621. The van der Waals surface area contributed by atoms with Crippen LogP contribution in [0.2, 0.25) is 0 Å². The van der Waals surface area contributed by atoms with Gasteiger partial charge in [0.05, 0.1) is 0 Å². The lowest BCUT2D eigenvalue weighted by Gasteiger charge is -2.07. The summed E-state index contributed by atoms with van der Waals surface area (Å²) in [6, 6.07) is 4.87. The normalized spacial score (nSPS) is 10.5. The van der Waals surface area contributed by atoms with E-state index in [1.807, 2.05) is 13.0 Å². The van der Waals surface area contributed by atoms with Gasteiger partial charge in [-0.2, -0.15) is 0 Å². The molecule has 0 radical (unpaired) electrons. The molecule has 0 aliphatic heterocycles. The zero-order chi connectivity index (χ0) is 10.4. The van der Waals surface area contributed by atoms with Crippen molar-refractivity contribution in [3.8, 4) is 0 Å². The highest BCUT2D eigenvalue weighted by Gasteiger charge is 1.98. The van der Waals surface area contributed by atoms with Crippen LogP contribution >= 0.6 is 0 Å². The van der Waals surface area contributed by atoms with Gasteiger partial charge in [-0.1, -0.05) is 6.07 Å². The lowest BCUT2D eigenvalue weighted by atomic mass is 10.1. The number of benzene rings is 1. The second-order valence-electron chi connectivity index (χ2n) is 3.39. The molecule has 0 aromatic heterocycles. The van der Waals surface area contributed by atoms with Crippen LogP contribution in [0.3, 0.4) is 0 Å². The van der Waals surface area contributed by atoms with Gasteiger partial charge in [0.15, 0.2) is 0 Å². The largest absolute Gasteiger partial charge is 0.330 e. The molecule has 0 saturated heterocycles. The molecule has 0 aliphatic carbocycles. The Kier molecular flexibility index (Phi) is 4.56. The van der Waals surface area contributed by atoms with Gasteiger partial charge < -0.3 is 11.1 Å². The van der Waals surface area contributed by atoms with E-state index in [0.717, 1.165) is 30.6 Å². The number of nitrogens with two attached hydrogens (primary N) is 1. The summed E-state index contributed by atoms with van der Waals surface area (Å²) in [5.74, 6) is -0.173. The summed E-state index contributed by atoms with van der Waals surface area (Å²) < 4.78 is 12.8. The molecule has 14 heavy (non-hydrogen) atoms. The molecule has 0 bridgehead atoms. The Morgan fingerprint density at radius 2 is 2.21 bits per heavy atom. The molecule has 0 spiro atoms. The summed E-state index contributed by atoms with van der Waals surface area (Å²) in [6.45, 7) is 4.32. The first kappa shape index (κ1) is 11.1. The molecular formula is C11H17FN2. The van der Waals surface area contributed by atoms with Crippen molar-refractivity contribution in [3.05, 3.63) is 35.1 Å². The molecule has 0 atom stereocenters. The van der Waals surface area contributed by atoms with Gasteiger partial charge in [0, 0.05) is 6.54 Å². The summed E-state index contributed by atoms with van der Waals surface area (Å²) in [4.78, 5) is 0. The first-order chi connectivity index (χ1) is 6.74. The molecule has 2 nitrogen and oxygen atoms in total. The van der Waals surface area contributed by atoms with Crippen molar-refractivity contribution < 1.29 is 4.39 Å². The van der Waals surface area contributed by atoms with E-state index in [4.69, 9.17) is 5.73 Å². The summed E-state index contributed by atoms with van der Waals surface area (Å²) in [5, 5.41) is 3.26. The average Bonchev–Trinajstić information content (AvgIpc) is 2.15. The third-order valence-corrected chi connectivity index (χ3v) is 2.18. The van der Waals surface area contributed by atoms with E-state index in [0.29, 0.717) is 6.54 Å². The summed E-state index contributed by atoms with van der Waals surface area (Å²) >= 11 is 0. The van der Waals surface area contributed by atoms with Crippen molar-refractivity contribution >= 4 is 0 Å². The van der Waals surface area contributed by atoms with Crippen LogP contribution < -0.4 is 11.1 Å².